The Morgan fingerprint density at radius 1 is 1.36 bits per heavy atom. The van der Waals surface area contributed by atoms with Crippen LogP contribution in [0.3, 0.4) is 0 Å². The average molecular weight is 347 g/mol. The molecule has 134 valence electrons. The Morgan fingerprint density at radius 2 is 2.12 bits per heavy atom. The molecule has 1 fully saturated rings. The Labute approximate surface area is 143 Å². The summed E-state index contributed by atoms with van der Waals surface area (Å²) in [6.45, 7) is 1.59. The van der Waals surface area contributed by atoms with Crippen LogP contribution < -0.4 is 11.2 Å². The van der Waals surface area contributed by atoms with Crippen molar-refractivity contribution in [1.29, 1.82) is 5.41 Å². The van der Waals surface area contributed by atoms with Crippen molar-refractivity contribution in [1.82, 2.24) is 9.13 Å². The minimum absolute atomic E-state index is 0.000547. The van der Waals surface area contributed by atoms with Gasteiger partial charge in [0.15, 0.2) is 0 Å². The van der Waals surface area contributed by atoms with Gasteiger partial charge in [0.1, 0.15) is 23.6 Å². The molecule has 1 aliphatic rings. The third-order valence-electron chi connectivity index (χ3n) is 4.39. The zero-order chi connectivity index (χ0) is 18.1. The molecule has 2 heterocycles. The number of nitrogens with one attached hydrogen (secondary N) is 1. The van der Waals surface area contributed by atoms with E-state index in [2.05, 4.69) is 0 Å². The molecule has 0 amide bonds. The summed E-state index contributed by atoms with van der Waals surface area (Å²) in [7, 11) is 0. The van der Waals surface area contributed by atoms with Crippen LogP contribution >= 0.6 is 0 Å². The molecule has 0 spiro atoms. The number of rotatable bonds is 4. The number of aliphatic hydroxyl groups is 2. The van der Waals surface area contributed by atoms with Crippen LogP contribution in [0.5, 0.6) is 5.75 Å². The van der Waals surface area contributed by atoms with Crippen LogP contribution in [-0.4, -0.2) is 43.3 Å². The molecule has 0 bridgehead atoms. The molecule has 0 aliphatic carbocycles. The smallest absolute Gasteiger partial charge is 0.332 e. The number of aliphatic hydroxyl groups excluding tert-OH is 2. The molecule has 8 heteroatoms. The van der Waals surface area contributed by atoms with Crippen molar-refractivity contribution in [2.24, 2.45) is 0 Å². The lowest BCUT2D eigenvalue weighted by Gasteiger charge is -2.17. The number of nitrogens with zero attached hydrogens (tertiary/aromatic N) is 2. The number of aryl methyl sites for hydroxylation is 1. The van der Waals surface area contributed by atoms with Crippen LogP contribution in [0.15, 0.2) is 35.3 Å². The second kappa shape index (κ2) is 6.83. The Kier molecular flexibility index (Phi) is 4.76. The fraction of sp³-hybridized carbons (Fsp3) is 0.412. The van der Waals surface area contributed by atoms with Gasteiger partial charge in [-0.3, -0.25) is 14.5 Å². The Balaban J connectivity index is 1.97. The summed E-state index contributed by atoms with van der Waals surface area (Å²) in [6, 6.07) is 6.53. The molecular formula is C17H21N3O5. The molecule has 0 radical (unpaired) electrons. The maximum absolute atomic E-state index is 12.8. The minimum atomic E-state index is -0.855. The van der Waals surface area contributed by atoms with Crippen LogP contribution in [0, 0.1) is 12.3 Å². The van der Waals surface area contributed by atoms with E-state index >= 15 is 0 Å². The van der Waals surface area contributed by atoms with Crippen molar-refractivity contribution in [3.8, 4) is 5.75 Å². The first-order valence-corrected chi connectivity index (χ1v) is 8.00. The van der Waals surface area contributed by atoms with Crippen LogP contribution in [0.1, 0.15) is 23.8 Å². The monoisotopic (exact) mass is 347 g/mol. The Hall–Kier alpha value is -2.42. The molecule has 1 aromatic carbocycles. The van der Waals surface area contributed by atoms with Crippen LogP contribution in [0.25, 0.3) is 0 Å². The van der Waals surface area contributed by atoms with E-state index in [-0.39, 0.29) is 30.8 Å². The van der Waals surface area contributed by atoms with Crippen molar-refractivity contribution in [3.63, 3.8) is 0 Å². The summed E-state index contributed by atoms with van der Waals surface area (Å²) in [5.41, 5.74) is 0.988. The van der Waals surface area contributed by atoms with E-state index in [1.165, 1.54) is 21.4 Å². The number of aromatic hydroxyl groups is 1. The van der Waals surface area contributed by atoms with Crippen LogP contribution in [-0.2, 0) is 11.3 Å². The van der Waals surface area contributed by atoms with Crippen LogP contribution in [0.4, 0.5) is 0 Å². The van der Waals surface area contributed by atoms with E-state index < -0.39 is 24.1 Å². The standard InChI is InChI=1S/C17H21N3O5/c1-10-2-3-12(22)11(6-10)8-20-15(18)4-5-19(17(20)24)16-7-13(23)14(9-21)25-16/h2-6,13-14,16,18,21-23H,7-9H2,1H3/t13-,14+,16+/m0/s1. The molecule has 4 N–H and O–H groups in total. The fourth-order valence-electron chi connectivity index (χ4n) is 2.98. The molecule has 0 unspecified atom stereocenters. The second-order valence-corrected chi connectivity index (χ2v) is 6.22. The SMILES string of the molecule is Cc1ccc(O)c(Cn2c(=N)ccn([C@H]3C[C@H](O)[C@@H](CO)O3)c2=O)c1. The number of hydrogen-bond acceptors (Lipinski definition) is 6. The molecule has 3 rings (SSSR count). The number of aromatic nitrogens is 2. The minimum Gasteiger partial charge on any atom is -0.508 e. The molecule has 25 heavy (non-hydrogen) atoms. The zero-order valence-electron chi connectivity index (χ0n) is 13.8. The maximum Gasteiger partial charge on any atom is 0.332 e. The first kappa shape index (κ1) is 17.4. The van der Waals surface area contributed by atoms with Gasteiger partial charge in [-0.15, -0.1) is 0 Å². The van der Waals surface area contributed by atoms with E-state index in [4.69, 9.17) is 10.1 Å². The van der Waals surface area contributed by atoms with Crippen molar-refractivity contribution in [2.45, 2.75) is 38.3 Å². The van der Waals surface area contributed by atoms with E-state index in [1.54, 1.807) is 18.2 Å². The number of phenolic OH excluding ortho intramolecular Hbond substituents is 1. The van der Waals surface area contributed by atoms with Crippen molar-refractivity contribution in [2.75, 3.05) is 6.61 Å². The molecule has 8 nitrogen and oxygen atoms in total. The summed E-state index contributed by atoms with van der Waals surface area (Å²) in [6.07, 6.45) is -0.682. The predicted octanol–water partition coefficient (Wildman–Crippen LogP) is -0.168. The van der Waals surface area contributed by atoms with Crippen molar-refractivity contribution >= 4 is 0 Å². The highest BCUT2D eigenvalue weighted by atomic mass is 16.5. The zero-order valence-corrected chi connectivity index (χ0v) is 13.8. The van der Waals surface area contributed by atoms with Crippen LogP contribution in [0.2, 0.25) is 0 Å². The highest BCUT2D eigenvalue weighted by Crippen LogP contribution is 2.27. The van der Waals surface area contributed by atoms with Gasteiger partial charge in [-0.1, -0.05) is 17.7 Å². The molecule has 2 aromatic rings. The summed E-state index contributed by atoms with van der Waals surface area (Å²) in [5.74, 6) is 0.0557. The predicted molar refractivity (Wildman–Crippen MR) is 88.1 cm³/mol. The lowest BCUT2D eigenvalue weighted by molar-refractivity contribution is -0.0463. The number of ether oxygens (including phenoxy) is 1. The van der Waals surface area contributed by atoms with Gasteiger partial charge in [0.2, 0.25) is 0 Å². The molecule has 1 aliphatic heterocycles. The Bertz CT molecular complexity index is 889. The first-order chi connectivity index (χ1) is 11.9. The summed E-state index contributed by atoms with van der Waals surface area (Å²) >= 11 is 0. The summed E-state index contributed by atoms with van der Waals surface area (Å²) in [5, 5.41) is 37.0. The number of benzene rings is 1. The van der Waals surface area contributed by atoms with E-state index in [1.807, 2.05) is 6.92 Å². The summed E-state index contributed by atoms with van der Waals surface area (Å²) in [4.78, 5) is 12.8. The lowest BCUT2D eigenvalue weighted by atomic mass is 10.1. The van der Waals surface area contributed by atoms with Gasteiger partial charge >= 0.3 is 5.69 Å². The van der Waals surface area contributed by atoms with E-state index in [9.17, 15) is 20.1 Å². The van der Waals surface area contributed by atoms with Crippen molar-refractivity contribution < 1.29 is 20.1 Å². The molecule has 1 saturated heterocycles. The summed E-state index contributed by atoms with van der Waals surface area (Å²) < 4.78 is 8.03. The average Bonchev–Trinajstić information content (AvgIpc) is 2.95. The molecule has 1 aromatic heterocycles. The highest BCUT2D eigenvalue weighted by Gasteiger charge is 2.35. The molecular weight excluding hydrogens is 326 g/mol. The fourth-order valence-corrected chi connectivity index (χ4v) is 2.98. The molecule has 3 atom stereocenters. The Morgan fingerprint density at radius 3 is 2.80 bits per heavy atom. The van der Waals surface area contributed by atoms with Gasteiger partial charge in [-0.2, -0.15) is 0 Å². The van der Waals surface area contributed by atoms with Gasteiger partial charge < -0.3 is 20.1 Å². The van der Waals surface area contributed by atoms with Gasteiger partial charge in [-0.05, 0) is 19.1 Å². The quantitative estimate of drug-likeness (QED) is 0.612. The number of phenols is 1. The largest absolute Gasteiger partial charge is 0.508 e. The third kappa shape index (κ3) is 3.37. The highest BCUT2D eigenvalue weighted by molar-refractivity contribution is 5.35. The van der Waals surface area contributed by atoms with Gasteiger partial charge in [0, 0.05) is 18.2 Å². The topological polar surface area (TPSA) is 121 Å². The second-order valence-electron chi connectivity index (χ2n) is 6.22. The van der Waals surface area contributed by atoms with E-state index in [0.29, 0.717) is 5.56 Å². The van der Waals surface area contributed by atoms with Gasteiger partial charge in [-0.25, -0.2) is 4.79 Å². The van der Waals surface area contributed by atoms with Gasteiger partial charge in [0.05, 0.1) is 19.3 Å². The molecule has 0 saturated carbocycles. The normalized spacial score (nSPS) is 23.1. The maximum atomic E-state index is 12.8. The number of hydrogen-bond donors (Lipinski definition) is 4. The van der Waals surface area contributed by atoms with E-state index in [0.717, 1.165) is 5.56 Å². The lowest BCUT2D eigenvalue weighted by Crippen LogP contribution is -2.40. The van der Waals surface area contributed by atoms with Gasteiger partial charge in [0.25, 0.3) is 0 Å². The third-order valence-corrected chi connectivity index (χ3v) is 4.39. The van der Waals surface area contributed by atoms with Crippen molar-refractivity contribution in [3.05, 3.63) is 57.6 Å². The first-order valence-electron chi connectivity index (χ1n) is 8.00.